The molecule has 2 heterocycles. The number of hydrogen-bond acceptors (Lipinski definition) is 4. The molecule has 2 aliphatic heterocycles. The maximum Gasteiger partial charge on any atom is 0.316 e. The summed E-state index contributed by atoms with van der Waals surface area (Å²) in [6.45, 7) is -0.266. The summed E-state index contributed by atoms with van der Waals surface area (Å²) in [5.41, 5.74) is 0.762. The molecule has 0 spiro atoms. The fourth-order valence-corrected chi connectivity index (χ4v) is 3.90. The summed E-state index contributed by atoms with van der Waals surface area (Å²) in [5.74, 6) is -1.03. The number of ether oxygens (including phenoxy) is 1. The summed E-state index contributed by atoms with van der Waals surface area (Å²) in [4.78, 5) is 12.4. The third-order valence-electron chi connectivity index (χ3n) is 5.30. The average Bonchev–Trinajstić information content (AvgIpc) is 2.68. The molecule has 1 aromatic rings. The van der Waals surface area contributed by atoms with Crippen LogP contribution in [0.5, 0.6) is 0 Å². The summed E-state index contributed by atoms with van der Waals surface area (Å²) >= 11 is 0. The maximum absolute atomic E-state index is 12.4. The summed E-state index contributed by atoms with van der Waals surface area (Å²) in [7, 11) is 1.74. The van der Waals surface area contributed by atoms with Gasteiger partial charge in [-0.15, -0.1) is 0 Å². The van der Waals surface area contributed by atoms with Crippen LogP contribution in [0.1, 0.15) is 37.2 Å². The number of hydroxylamine groups is 3. The number of hydrogen-bond donors (Lipinski definition) is 1. The van der Waals surface area contributed by atoms with Crippen LogP contribution in [0.2, 0.25) is 0 Å². The largest absolute Gasteiger partial charge is 0.633 e. The molecule has 1 aromatic carbocycles. The molecule has 5 nitrogen and oxygen atoms in total. The molecule has 0 aliphatic carbocycles. The Morgan fingerprint density at radius 3 is 2.45 bits per heavy atom. The van der Waals surface area contributed by atoms with E-state index in [1.807, 2.05) is 30.3 Å². The minimum Gasteiger partial charge on any atom is -0.633 e. The van der Waals surface area contributed by atoms with E-state index in [1.165, 1.54) is 0 Å². The quantitative estimate of drug-likeness (QED) is 0.524. The Morgan fingerprint density at radius 1 is 1.32 bits per heavy atom. The van der Waals surface area contributed by atoms with Gasteiger partial charge in [-0.05, 0) is 5.56 Å². The number of piperidine rings is 1. The van der Waals surface area contributed by atoms with Crippen molar-refractivity contribution in [3.05, 3.63) is 41.1 Å². The van der Waals surface area contributed by atoms with Crippen molar-refractivity contribution >= 4 is 5.97 Å². The van der Waals surface area contributed by atoms with Crippen molar-refractivity contribution in [3.63, 3.8) is 0 Å². The lowest BCUT2D eigenvalue weighted by atomic mass is 9.98. The van der Waals surface area contributed by atoms with Crippen LogP contribution in [0, 0.1) is 5.21 Å². The van der Waals surface area contributed by atoms with E-state index in [0.717, 1.165) is 18.4 Å². The number of carbonyl (C=O) groups excluding carboxylic acids is 1. The van der Waals surface area contributed by atoms with Crippen LogP contribution in [0.15, 0.2) is 30.3 Å². The lowest BCUT2D eigenvalue weighted by Crippen LogP contribution is -2.55. The molecule has 0 amide bonds. The molecule has 0 saturated carbocycles. The van der Waals surface area contributed by atoms with Gasteiger partial charge in [0.15, 0.2) is 0 Å². The molecular formula is C17H23NO4. The molecule has 0 radical (unpaired) electrons. The van der Waals surface area contributed by atoms with Gasteiger partial charge < -0.3 is 19.7 Å². The molecule has 2 bridgehead atoms. The molecule has 2 saturated heterocycles. The Kier molecular flexibility index (Phi) is 4.21. The van der Waals surface area contributed by atoms with Crippen LogP contribution < -0.4 is 0 Å². The Labute approximate surface area is 130 Å². The second-order valence-electron chi connectivity index (χ2n) is 6.62. The number of benzene rings is 1. The molecule has 5 atom stereocenters. The van der Waals surface area contributed by atoms with Crippen molar-refractivity contribution in [2.24, 2.45) is 0 Å². The Hall–Kier alpha value is -1.43. The van der Waals surface area contributed by atoms with Gasteiger partial charge in [-0.3, -0.25) is 4.79 Å². The molecule has 22 heavy (non-hydrogen) atoms. The lowest BCUT2D eigenvalue weighted by molar-refractivity contribution is -0.903. The van der Waals surface area contributed by atoms with E-state index in [9.17, 15) is 15.1 Å². The standard InChI is InChI=1S/C17H23NO4/c1-18(21)13-7-8-14(18)10-15(9-13)22-17(20)16(11-19)12-5-3-2-4-6-12/h2-6,13-16,19H,7-11H2,1H3/t13-,14+,15?,16-,18?/m0/s1. The minimum absolute atomic E-state index is 0.0425. The highest BCUT2D eigenvalue weighted by molar-refractivity contribution is 5.78. The van der Waals surface area contributed by atoms with Crippen molar-refractivity contribution in [2.75, 3.05) is 13.7 Å². The molecule has 2 fully saturated rings. The third kappa shape index (κ3) is 2.76. The second-order valence-corrected chi connectivity index (χ2v) is 6.62. The number of aliphatic hydroxyl groups is 1. The van der Waals surface area contributed by atoms with Gasteiger partial charge in [0.2, 0.25) is 0 Å². The predicted molar refractivity (Wildman–Crippen MR) is 81.7 cm³/mol. The van der Waals surface area contributed by atoms with Crippen molar-refractivity contribution in [1.29, 1.82) is 0 Å². The van der Waals surface area contributed by atoms with E-state index in [0.29, 0.717) is 12.8 Å². The van der Waals surface area contributed by atoms with Crippen molar-refractivity contribution in [3.8, 4) is 0 Å². The summed E-state index contributed by atoms with van der Waals surface area (Å²) in [6.07, 6.45) is 2.91. The molecule has 3 rings (SSSR count). The van der Waals surface area contributed by atoms with Gasteiger partial charge in [-0.1, -0.05) is 30.3 Å². The molecule has 2 unspecified atom stereocenters. The average molecular weight is 305 g/mol. The molecule has 1 N–H and O–H groups in total. The van der Waals surface area contributed by atoms with Gasteiger partial charge in [0, 0.05) is 25.7 Å². The van der Waals surface area contributed by atoms with Gasteiger partial charge in [0.05, 0.1) is 25.7 Å². The Bertz CT molecular complexity index is 515. The highest BCUT2D eigenvalue weighted by Crippen LogP contribution is 2.41. The smallest absolute Gasteiger partial charge is 0.316 e. The first-order valence-corrected chi connectivity index (χ1v) is 7.95. The van der Waals surface area contributed by atoms with Gasteiger partial charge in [0.1, 0.15) is 12.0 Å². The van der Waals surface area contributed by atoms with E-state index in [4.69, 9.17) is 4.74 Å². The Morgan fingerprint density at radius 2 is 1.91 bits per heavy atom. The van der Waals surface area contributed by atoms with Crippen LogP contribution in [0.4, 0.5) is 0 Å². The number of rotatable bonds is 4. The van der Waals surface area contributed by atoms with Gasteiger partial charge in [0.25, 0.3) is 0 Å². The topological polar surface area (TPSA) is 69.6 Å². The first kappa shape index (κ1) is 15.5. The lowest BCUT2D eigenvalue weighted by Gasteiger charge is -2.50. The highest BCUT2D eigenvalue weighted by atomic mass is 16.6. The minimum atomic E-state index is -0.645. The van der Waals surface area contributed by atoms with Crippen LogP contribution in [0.3, 0.4) is 0 Å². The zero-order valence-corrected chi connectivity index (χ0v) is 12.9. The summed E-state index contributed by atoms with van der Waals surface area (Å²) in [5, 5.41) is 22.0. The summed E-state index contributed by atoms with van der Waals surface area (Å²) < 4.78 is 5.44. The first-order valence-electron chi connectivity index (χ1n) is 7.95. The highest BCUT2D eigenvalue weighted by Gasteiger charge is 2.48. The third-order valence-corrected chi connectivity index (χ3v) is 5.30. The van der Waals surface area contributed by atoms with Gasteiger partial charge in [-0.2, -0.15) is 0 Å². The maximum atomic E-state index is 12.4. The number of carbonyl (C=O) groups is 1. The normalized spacial score (nSPS) is 35.1. The SMILES string of the molecule is C[N+]1([O-])[C@@H]2CC[C@H]1CC(OC(=O)[C@@H](CO)c1ccccc1)C2. The van der Waals surface area contributed by atoms with Gasteiger partial charge in [-0.25, -0.2) is 0 Å². The zero-order chi connectivity index (χ0) is 15.7. The predicted octanol–water partition coefficient (Wildman–Crippen LogP) is 1.94. The molecule has 0 aromatic heterocycles. The van der Waals surface area contributed by atoms with Crippen molar-refractivity contribution in [2.45, 2.75) is 49.8 Å². The number of aliphatic hydroxyl groups excluding tert-OH is 1. The number of quaternary nitrogens is 1. The molecule has 5 heteroatoms. The summed E-state index contributed by atoms with van der Waals surface area (Å²) in [6, 6.07) is 9.27. The molecule has 120 valence electrons. The fraction of sp³-hybridized carbons (Fsp3) is 0.588. The first-order chi connectivity index (χ1) is 10.5. The number of esters is 1. The fourth-order valence-electron chi connectivity index (χ4n) is 3.90. The molecule has 2 aliphatic rings. The number of fused-ring (bicyclic) bond motifs is 2. The monoisotopic (exact) mass is 305 g/mol. The van der Waals surface area contributed by atoms with Crippen LogP contribution in [-0.4, -0.2) is 47.6 Å². The van der Waals surface area contributed by atoms with E-state index in [2.05, 4.69) is 0 Å². The van der Waals surface area contributed by atoms with Crippen LogP contribution in [0.25, 0.3) is 0 Å². The van der Waals surface area contributed by atoms with Gasteiger partial charge >= 0.3 is 5.97 Å². The number of nitrogens with zero attached hydrogens (tertiary/aromatic N) is 1. The van der Waals surface area contributed by atoms with Crippen molar-refractivity contribution < 1.29 is 19.3 Å². The van der Waals surface area contributed by atoms with E-state index in [-0.39, 0.29) is 35.4 Å². The van der Waals surface area contributed by atoms with E-state index >= 15 is 0 Å². The van der Waals surface area contributed by atoms with Crippen molar-refractivity contribution in [1.82, 2.24) is 0 Å². The van der Waals surface area contributed by atoms with E-state index in [1.54, 1.807) is 7.05 Å². The molecular weight excluding hydrogens is 282 g/mol. The van der Waals surface area contributed by atoms with Crippen LogP contribution >= 0.6 is 0 Å². The van der Waals surface area contributed by atoms with Crippen LogP contribution in [-0.2, 0) is 9.53 Å². The second kappa shape index (κ2) is 5.99. The van der Waals surface area contributed by atoms with E-state index < -0.39 is 5.92 Å². The Balaban J connectivity index is 1.65. The zero-order valence-electron chi connectivity index (χ0n) is 12.9.